The summed E-state index contributed by atoms with van der Waals surface area (Å²) in [6, 6.07) is 8.70. The number of halogens is 1. The summed E-state index contributed by atoms with van der Waals surface area (Å²) in [5, 5.41) is 9.03. The second-order valence-electron chi connectivity index (χ2n) is 13.8. The molecule has 1 unspecified atom stereocenters. The largest absolute Gasteiger partial charge is 0.744 e. The maximum atomic E-state index is 12.2. The average molecular weight is 922 g/mol. The molecule has 0 aliphatic carbocycles. The van der Waals surface area contributed by atoms with Gasteiger partial charge >= 0.3 is 5.97 Å². The number of methoxy groups -OCH3 is 1. The lowest BCUT2D eigenvalue weighted by Gasteiger charge is -2.40. The normalized spacial score (nSPS) is 19.6. The Kier molecular flexibility index (Phi) is 14.1. The summed E-state index contributed by atoms with van der Waals surface area (Å²) >= 11 is -0.918. The number of aliphatic carboxylic acids is 1. The molecule has 0 amide bonds. The number of hydrogen-bond donors (Lipinski definition) is 3. The van der Waals surface area contributed by atoms with Crippen LogP contribution in [0.1, 0.15) is 70.4 Å². The van der Waals surface area contributed by atoms with Crippen molar-refractivity contribution in [1.29, 1.82) is 0 Å². The summed E-state index contributed by atoms with van der Waals surface area (Å²) in [5.74, 6) is -1.35. The standard InChI is InChI=1S/C36H47IN2O12S3/c1-35(2)28-24-26(53(45,46)47)15-17-30(28)38(20-10-6-9-14-34(40)41)33(35)13-8-5-7-12-32-36(3,19-11-23-52(42,43)44)29-25-27(54(48,49)50)16-18-31(29)39(37-32)21-22-51-4/h5,7-8,12-13,15-18,24-25H,6,9-11,14,19-23H2,1-4H3,(H,40,41)(H,42,43,44)(H,45,46,47)(H,48,49,50)/p-1/b8-5+,12-7+,33-13+. The van der Waals surface area contributed by atoms with Gasteiger partial charge in [-0.25, -0.2) is 8.42 Å². The number of carbonyl (C=O) groups is 1. The lowest BCUT2D eigenvalue weighted by atomic mass is 9.75. The van der Waals surface area contributed by atoms with Crippen LogP contribution in [0.25, 0.3) is 0 Å². The average Bonchev–Trinajstić information content (AvgIpc) is 3.27. The Balaban J connectivity index is 1.73. The number of fused-ring (bicyclic) bond motifs is 2. The molecule has 2 aliphatic rings. The van der Waals surface area contributed by atoms with Crippen molar-refractivity contribution in [1.82, 2.24) is 0 Å². The van der Waals surface area contributed by atoms with Gasteiger partial charge in [0.15, 0.2) is 0 Å². The predicted molar refractivity (Wildman–Crippen MR) is 215 cm³/mol. The van der Waals surface area contributed by atoms with Gasteiger partial charge in [0.05, 0.1) is 28.7 Å². The van der Waals surface area contributed by atoms with Gasteiger partial charge in [0, 0.05) is 72.5 Å². The van der Waals surface area contributed by atoms with Gasteiger partial charge in [0.2, 0.25) is 0 Å². The number of allylic oxidation sites excluding steroid dienone is 6. The zero-order valence-corrected chi connectivity index (χ0v) is 35.0. The van der Waals surface area contributed by atoms with E-state index in [2.05, 4.69) is 8.01 Å². The third-order valence-electron chi connectivity index (χ3n) is 9.56. The molecule has 2 aliphatic heterocycles. The van der Waals surface area contributed by atoms with Crippen molar-refractivity contribution in [2.75, 3.05) is 40.6 Å². The number of ether oxygens (including phenoxy) is 1. The van der Waals surface area contributed by atoms with Gasteiger partial charge in [-0.05, 0) is 79.3 Å². The molecule has 18 heteroatoms. The van der Waals surface area contributed by atoms with E-state index >= 15 is 0 Å². The zero-order valence-electron chi connectivity index (χ0n) is 30.4. The minimum atomic E-state index is -4.70. The van der Waals surface area contributed by atoms with Gasteiger partial charge < -0.3 is 22.4 Å². The van der Waals surface area contributed by atoms with E-state index in [0.29, 0.717) is 50.1 Å². The van der Waals surface area contributed by atoms with E-state index < -0.39 is 73.9 Å². The second kappa shape index (κ2) is 17.4. The van der Waals surface area contributed by atoms with E-state index in [1.165, 1.54) is 24.3 Å². The second-order valence-corrected chi connectivity index (χ2v) is 21.0. The SMILES string of the molecule is COCCN1I=C(/C=C/C=C/C=C2/N(CCCCCC(=O)O)c3ccc(S(=O)(=O)[O-])cc3C2(C)C)C(C)(CCCS(=O)(=O)O)c2cc(S(=O)(=O)O)ccc21. The molecule has 3 N–H and O–H groups in total. The molecular formula is C36H46IN2O12S3-. The van der Waals surface area contributed by atoms with Crippen molar-refractivity contribution < 1.29 is 53.5 Å². The number of carboxylic acids is 1. The van der Waals surface area contributed by atoms with E-state index in [0.717, 1.165) is 20.6 Å². The van der Waals surface area contributed by atoms with Gasteiger partial charge in [-0.2, -0.15) is 16.8 Å². The first-order valence-corrected chi connectivity index (χ1v) is 23.6. The summed E-state index contributed by atoms with van der Waals surface area (Å²) in [7, 11) is -11.9. The molecule has 0 fully saturated rings. The molecule has 14 nitrogen and oxygen atoms in total. The quantitative estimate of drug-likeness (QED) is 0.0535. The van der Waals surface area contributed by atoms with Crippen molar-refractivity contribution in [2.24, 2.45) is 0 Å². The summed E-state index contributed by atoms with van der Waals surface area (Å²) in [6.45, 7) is 7.17. The van der Waals surface area contributed by atoms with Crippen LogP contribution in [0.3, 0.4) is 0 Å². The number of benzene rings is 2. The van der Waals surface area contributed by atoms with Crippen molar-refractivity contribution in [3.05, 3.63) is 83.6 Å². The number of hydrogen-bond acceptors (Lipinski definition) is 11. The van der Waals surface area contributed by atoms with Gasteiger partial charge in [-0.15, -0.1) is 0 Å². The van der Waals surface area contributed by atoms with Gasteiger partial charge in [-0.1, -0.05) is 51.5 Å². The first-order chi connectivity index (χ1) is 25.1. The van der Waals surface area contributed by atoms with Crippen LogP contribution < -0.4 is 8.01 Å². The number of carboxylic acid groups (broad SMARTS) is 1. The van der Waals surface area contributed by atoms with Crippen LogP contribution in [0.2, 0.25) is 0 Å². The molecule has 2 heterocycles. The minimum absolute atomic E-state index is 0.0584. The van der Waals surface area contributed by atoms with Gasteiger partial charge in [0.25, 0.3) is 20.2 Å². The van der Waals surface area contributed by atoms with Crippen LogP contribution in [0.15, 0.2) is 82.3 Å². The van der Waals surface area contributed by atoms with E-state index in [4.69, 9.17) is 9.84 Å². The summed E-state index contributed by atoms with van der Waals surface area (Å²) < 4.78 is 111. The number of rotatable bonds is 18. The van der Waals surface area contributed by atoms with Crippen LogP contribution in [-0.4, -0.2) is 86.1 Å². The van der Waals surface area contributed by atoms with Crippen LogP contribution in [0.4, 0.5) is 11.4 Å². The Labute approximate surface area is 327 Å². The number of unbranched alkanes of at least 4 members (excludes halogenated alkanes) is 2. The molecule has 0 saturated carbocycles. The Bertz CT molecular complexity index is 2200. The maximum Gasteiger partial charge on any atom is 0.303 e. The van der Waals surface area contributed by atoms with Crippen molar-refractivity contribution in [3.63, 3.8) is 0 Å². The highest BCUT2D eigenvalue weighted by Gasteiger charge is 2.41. The van der Waals surface area contributed by atoms with Crippen molar-refractivity contribution >= 4 is 72.2 Å². The van der Waals surface area contributed by atoms with Gasteiger partial charge in [-0.3, -0.25) is 13.9 Å². The highest BCUT2D eigenvalue weighted by Crippen LogP contribution is 2.49. The first kappa shape index (κ1) is 43.7. The zero-order chi connectivity index (χ0) is 40.1. The van der Waals surface area contributed by atoms with Crippen LogP contribution in [0, 0.1) is 0 Å². The molecule has 0 bridgehead atoms. The number of nitrogens with zero attached hydrogens (tertiary/aromatic N) is 2. The van der Waals surface area contributed by atoms with Crippen molar-refractivity contribution in [2.45, 2.75) is 79.9 Å². The molecule has 1 atom stereocenters. The molecule has 2 aromatic rings. The fraction of sp³-hybridized carbons (Fsp3) is 0.444. The molecule has 298 valence electrons. The van der Waals surface area contributed by atoms with Crippen molar-refractivity contribution in [3.8, 4) is 0 Å². The fourth-order valence-electron chi connectivity index (χ4n) is 6.74. The third-order valence-corrected chi connectivity index (χ3v) is 15.7. The lowest BCUT2D eigenvalue weighted by molar-refractivity contribution is -0.137. The summed E-state index contributed by atoms with van der Waals surface area (Å²) in [4.78, 5) is 12.4. The van der Waals surface area contributed by atoms with Crippen LogP contribution >= 0.6 is 21.0 Å². The Morgan fingerprint density at radius 1 is 0.870 bits per heavy atom. The maximum absolute atomic E-state index is 12.2. The van der Waals surface area contributed by atoms with E-state index in [1.807, 2.05) is 51.2 Å². The highest BCUT2D eigenvalue weighted by molar-refractivity contribution is 14.2. The first-order valence-electron chi connectivity index (χ1n) is 17.1. The summed E-state index contributed by atoms with van der Waals surface area (Å²) in [5.41, 5.74) is 2.04. The Morgan fingerprint density at radius 3 is 2.17 bits per heavy atom. The molecule has 0 aromatic heterocycles. The molecular weight excluding hydrogens is 876 g/mol. The van der Waals surface area contributed by atoms with E-state index in [9.17, 15) is 43.7 Å². The molecule has 54 heavy (non-hydrogen) atoms. The predicted octanol–water partition coefficient (Wildman–Crippen LogP) is 5.73. The smallest absolute Gasteiger partial charge is 0.303 e. The molecule has 0 saturated heterocycles. The topological polar surface area (TPSA) is 219 Å². The molecule has 0 radical (unpaired) electrons. The van der Waals surface area contributed by atoms with Gasteiger partial charge in [0.1, 0.15) is 10.1 Å². The lowest BCUT2D eigenvalue weighted by Crippen LogP contribution is -2.38. The number of anilines is 2. The summed E-state index contributed by atoms with van der Waals surface area (Å²) in [6.07, 6.45) is 11.5. The monoisotopic (exact) mass is 921 g/mol. The minimum Gasteiger partial charge on any atom is -0.744 e. The Morgan fingerprint density at radius 2 is 1.54 bits per heavy atom. The fourth-order valence-corrected chi connectivity index (χ4v) is 11.5. The third kappa shape index (κ3) is 10.7. The van der Waals surface area contributed by atoms with Crippen LogP contribution in [0.5, 0.6) is 0 Å². The Hall–Kier alpha value is -2.98. The molecule has 2 aromatic carbocycles. The van der Waals surface area contributed by atoms with E-state index in [1.54, 1.807) is 19.2 Å². The van der Waals surface area contributed by atoms with Crippen LogP contribution in [-0.2, 0) is 50.7 Å². The molecule has 0 spiro atoms. The molecule has 4 rings (SSSR count). The highest BCUT2D eigenvalue weighted by atomic mass is 127. The van der Waals surface area contributed by atoms with E-state index in [-0.39, 0.29) is 29.1 Å².